The molecule has 3 heteroatoms. The maximum Gasteiger partial charge on any atom is 0.0936 e. The van der Waals surface area contributed by atoms with E-state index in [0.717, 1.165) is 32.3 Å². The van der Waals surface area contributed by atoms with E-state index < -0.39 is 0 Å². The topological polar surface area (TPSA) is 38.7 Å². The van der Waals surface area contributed by atoms with Crippen LogP contribution < -0.4 is 0 Å². The summed E-state index contributed by atoms with van der Waals surface area (Å²) in [5, 5.41) is 9.87. The molecule has 0 spiro atoms. The summed E-state index contributed by atoms with van der Waals surface area (Å²) in [4.78, 5) is 0. The molecule has 0 bridgehead atoms. The van der Waals surface area contributed by atoms with Gasteiger partial charge in [-0.3, -0.25) is 0 Å². The summed E-state index contributed by atoms with van der Waals surface area (Å²) in [5.41, 5.74) is -0.228. The molecule has 13 heavy (non-hydrogen) atoms. The lowest BCUT2D eigenvalue weighted by molar-refractivity contribution is -0.152. The van der Waals surface area contributed by atoms with Gasteiger partial charge in [-0.2, -0.15) is 0 Å². The molecule has 0 radical (unpaired) electrons. The zero-order valence-electron chi connectivity index (χ0n) is 8.58. The Morgan fingerprint density at radius 2 is 2.08 bits per heavy atom. The molecule has 1 aliphatic carbocycles. The highest BCUT2D eigenvalue weighted by Gasteiger charge is 2.43. The van der Waals surface area contributed by atoms with Crippen molar-refractivity contribution in [1.82, 2.24) is 0 Å². The number of aliphatic hydroxyl groups is 1. The lowest BCUT2D eigenvalue weighted by Crippen LogP contribution is -2.49. The van der Waals surface area contributed by atoms with Gasteiger partial charge in [0.05, 0.1) is 11.7 Å². The van der Waals surface area contributed by atoms with Crippen LogP contribution in [0.5, 0.6) is 0 Å². The van der Waals surface area contributed by atoms with Crippen molar-refractivity contribution >= 4 is 0 Å². The Hall–Kier alpha value is -0.120. The summed E-state index contributed by atoms with van der Waals surface area (Å²) in [6.07, 6.45) is 4.54. The van der Waals surface area contributed by atoms with Crippen LogP contribution in [0.15, 0.2) is 0 Å². The molecule has 1 aliphatic rings. The van der Waals surface area contributed by atoms with Gasteiger partial charge in [-0.1, -0.05) is 0 Å². The van der Waals surface area contributed by atoms with E-state index in [1.54, 1.807) is 14.2 Å². The Bertz CT molecular complexity index is 138. The molecule has 1 unspecified atom stereocenters. The SMILES string of the molecule is COCCCC(O)C1(OC)CCC1. The molecule has 1 N–H and O–H groups in total. The van der Waals surface area contributed by atoms with E-state index in [4.69, 9.17) is 9.47 Å². The van der Waals surface area contributed by atoms with Gasteiger partial charge in [0.25, 0.3) is 0 Å². The van der Waals surface area contributed by atoms with Crippen LogP contribution in [0.4, 0.5) is 0 Å². The summed E-state index contributed by atoms with van der Waals surface area (Å²) in [6, 6.07) is 0. The first-order chi connectivity index (χ1) is 6.25. The standard InChI is InChI=1S/C10H20O3/c1-12-8-3-5-9(11)10(13-2)6-4-7-10/h9,11H,3-8H2,1-2H3. The van der Waals surface area contributed by atoms with Crippen molar-refractivity contribution in [2.45, 2.75) is 43.8 Å². The number of hydrogen-bond acceptors (Lipinski definition) is 3. The highest BCUT2D eigenvalue weighted by molar-refractivity contribution is 4.95. The third-order valence-electron chi connectivity index (χ3n) is 3.04. The largest absolute Gasteiger partial charge is 0.390 e. The van der Waals surface area contributed by atoms with Gasteiger partial charge >= 0.3 is 0 Å². The van der Waals surface area contributed by atoms with E-state index in [9.17, 15) is 5.11 Å². The van der Waals surface area contributed by atoms with E-state index in [-0.39, 0.29) is 11.7 Å². The van der Waals surface area contributed by atoms with Crippen molar-refractivity contribution in [1.29, 1.82) is 0 Å². The number of hydrogen-bond donors (Lipinski definition) is 1. The van der Waals surface area contributed by atoms with Gasteiger partial charge in [0.1, 0.15) is 0 Å². The lowest BCUT2D eigenvalue weighted by atomic mass is 9.74. The molecule has 1 atom stereocenters. The fraction of sp³-hybridized carbons (Fsp3) is 1.00. The highest BCUT2D eigenvalue weighted by atomic mass is 16.5. The average molecular weight is 188 g/mol. The second-order valence-corrected chi connectivity index (χ2v) is 3.77. The minimum atomic E-state index is -0.318. The van der Waals surface area contributed by atoms with Gasteiger partial charge in [-0.05, 0) is 32.1 Å². The van der Waals surface area contributed by atoms with Crippen LogP contribution in [-0.2, 0) is 9.47 Å². The molecule has 0 amide bonds. The summed E-state index contributed by atoms with van der Waals surface area (Å²) in [6.45, 7) is 0.719. The van der Waals surface area contributed by atoms with E-state index in [0.29, 0.717) is 0 Å². The molecule has 0 aromatic heterocycles. The maximum absolute atomic E-state index is 9.87. The number of methoxy groups -OCH3 is 2. The van der Waals surface area contributed by atoms with Crippen LogP contribution in [0.3, 0.4) is 0 Å². The van der Waals surface area contributed by atoms with Gasteiger partial charge in [0.15, 0.2) is 0 Å². The predicted octanol–water partition coefficient (Wildman–Crippen LogP) is 1.34. The summed E-state index contributed by atoms with van der Waals surface area (Å²) >= 11 is 0. The second kappa shape index (κ2) is 4.94. The van der Waals surface area contributed by atoms with Crippen molar-refractivity contribution in [2.24, 2.45) is 0 Å². The van der Waals surface area contributed by atoms with E-state index in [1.807, 2.05) is 0 Å². The van der Waals surface area contributed by atoms with Crippen molar-refractivity contribution in [2.75, 3.05) is 20.8 Å². The van der Waals surface area contributed by atoms with Crippen LogP contribution in [0, 0.1) is 0 Å². The molecular formula is C10H20O3. The molecule has 3 nitrogen and oxygen atoms in total. The van der Waals surface area contributed by atoms with Gasteiger partial charge < -0.3 is 14.6 Å². The molecule has 0 aromatic rings. The minimum absolute atomic E-state index is 0.228. The Labute approximate surface area is 80.0 Å². The first-order valence-corrected chi connectivity index (χ1v) is 4.97. The van der Waals surface area contributed by atoms with Crippen LogP contribution in [0.2, 0.25) is 0 Å². The lowest BCUT2D eigenvalue weighted by Gasteiger charge is -2.44. The Morgan fingerprint density at radius 3 is 2.46 bits per heavy atom. The molecule has 0 saturated heterocycles. The van der Waals surface area contributed by atoms with Gasteiger partial charge in [0.2, 0.25) is 0 Å². The van der Waals surface area contributed by atoms with E-state index >= 15 is 0 Å². The molecule has 0 heterocycles. The fourth-order valence-corrected chi connectivity index (χ4v) is 1.88. The van der Waals surface area contributed by atoms with Gasteiger partial charge in [-0.15, -0.1) is 0 Å². The monoisotopic (exact) mass is 188 g/mol. The number of rotatable bonds is 6. The molecule has 78 valence electrons. The van der Waals surface area contributed by atoms with Crippen LogP contribution in [0.25, 0.3) is 0 Å². The maximum atomic E-state index is 9.87. The Morgan fingerprint density at radius 1 is 1.38 bits per heavy atom. The van der Waals surface area contributed by atoms with Gasteiger partial charge in [0, 0.05) is 20.8 Å². The smallest absolute Gasteiger partial charge is 0.0936 e. The normalized spacial score (nSPS) is 22.4. The van der Waals surface area contributed by atoms with Gasteiger partial charge in [-0.25, -0.2) is 0 Å². The molecule has 0 aromatic carbocycles. The quantitative estimate of drug-likeness (QED) is 0.639. The number of ether oxygens (including phenoxy) is 2. The molecular weight excluding hydrogens is 168 g/mol. The van der Waals surface area contributed by atoms with E-state index in [2.05, 4.69) is 0 Å². The Balaban J connectivity index is 2.24. The van der Waals surface area contributed by atoms with E-state index in [1.165, 1.54) is 6.42 Å². The van der Waals surface area contributed by atoms with Crippen LogP contribution in [0.1, 0.15) is 32.1 Å². The zero-order chi connectivity index (χ0) is 9.73. The van der Waals surface area contributed by atoms with Crippen molar-refractivity contribution in [3.63, 3.8) is 0 Å². The van der Waals surface area contributed by atoms with Crippen molar-refractivity contribution in [3.8, 4) is 0 Å². The third-order valence-corrected chi connectivity index (χ3v) is 3.04. The number of aliphatic hydroxyl groups excluding tert-OH is 1. The van der Waals surface area contributed by atoms with Crippen molar-refractivity contribution in [3.05, 3.63) is 0 Å². The van der Waals surface area contributed by atoms with Crippen LogP contribution >= 0.6 is 0 Å². The third kappa shape index (κ3) is 2.42. The molecule has 0 aliphatic heterocycles. The molecule has 1 fully saturated rings. The fourth-order valence-electron chi connectivity index (χ4n) is 1.88. The minimum Gasteiger partial charge on any atom is -0.390 e. The first-order valence-electron chi connectivity index (χ1n) is 4.97. The zero-order valence-corrected chi connectivity index (χ0v) is 8.58. The van der Waals surface area contributed by atoms with Crippen LogP contribution in [-0.4, -0.2) is 37.6 Å². The summed E-state index contributed by atoms with van der Waals surface area (Å²) in [5.74, 6) is 0. The van der Waals surface area contributed by atoms with Crippen molar-refractivity contribution < 1.29 is 14.6 Å². The molecule has 1 saturated carbocycles. The molecule has 1 rings (SSSR count). The predicted molar refractivity (Wildman–Crippen MR) is 50.7 cm³/mol. The highest BCUT2D eigenvalue weighted by Crippen LogP contribution is 2.39. The summed E-state index contributed by atoms with van der Waals surface area (Å²) in [7, 11) is 3.38. The summed E-state index contributed by atoms with van der Waals surface area (Å²) < 4.78 is 10.3. The Kier molecular flexibility index (Phi) is 4.16. The first kappa shape index (κ1) is 11.0. The average Bonchev–Trinajstić information content (AvgIpc) is 2.04. The second-order valence-electron chi connectivity index (χ2n) is 3.77.